The van der Waals surface area contributed by atoms with Crippen LogP contribution in [-0.2, 0) is 16.5 Å². The van der Waals surface area contributed by atoms with Crippen molar-refractivity contribution in [2.45, 2.75) is 76.3 Å². The second-order valence-corrected chi connectivity index (χ2v) is 25.4. The Balaban J connectivity index is 4.40. The minimum Gasteiger partial charge on any atom is -0.444 e. The van der Waals surface area contributed by atoms with Crippen LogP contribution in [0, 0.1) is 0 Å². The lowest BCUT2D eigenvalue weighted by atomic mass is 10.6. The number of hydrogen-bond donors (Lipinski definition) is 4. The van der Waals surface area contributed by atoms with Gasteiger partial charge in [-0.1, -0.05) is 25.9 Å². The van der Waals surface area contributed by atoms with Crippen LogP contribution in [0.2, 0.25) is 63.5 Å². The summed E-state index contributed by atoms with van der Waals surface area (Å²) in [5, 5.41) is 0. The molecule has 0 spiro atoms. The smallest absolute Gasteiger partial charge is 0.444 e. The Hall–Kier alpha value is 1.20. The lowest BCUT2D eigenvalue weighted by Crippen LogP contribution is -2.56. The van der Waals surface area contributed by atoms with Gasteiger partial charge in [0.2, 0.25) is 0 Å². The third-order valence-electron chi connectivity index (χ3n) is 4.00. The molecule has 2 atom stereocenters. The first-order valence-corrected chi connectivity index (χ1v) is 25.3. The Morgan fingerprint density at radius 2 is 1.07 bits per heavy atom. The maximum absolute atomic E-state index is 10.4. The molecule has 15 heteroatoms. The zero-order chi connectivity index (χ0) is 21.1. The Bertz CT molecular complexity index is 368. The summed E-state index contributed by atoms with van der Waals surface area (Å²) in [5.41, 5.74) is 0. The molecular formula is C12H40O8Si7. The average molecular weight is 509 g/mol. The molecule has 164 valence electrons. The van der Waals surface area contributed by atoms with Gasteiger partial charge in [-0.05, 0) is 50.4 Å². The summed E-state index contributed by atoms with van der Waals surface area (Å²) >= 11 is 0. The zero-order valence-electron chi connectivity index (χ0n) is 17.7. The van der Waals surface area contributed by atoms with E-state index in [4.69, 9.17) is 16.5 Å². The summed E-state index contributed by atoms with van der Waals surface area (Å²) in [6, 6.07) is 2.79. The molecule has 0 saturated carbocycles. The SMILES string of the molecule is C[SiH2]O[SiH](O)CCC[Si](C)(C)O[Si](O)(O)O[Si](C)(C)CCC[SiH](O)O[SiH2]C. The Kier molecular flexibility index (Phi) is 14.1. The molecule has 0 heterocycles. The summed E-state index contributed by atoms with van der Waals surface area (Å²) < 4.78 is 22.2. The predicted octanol–water partition coefficient (Wildman–Crippen LogP) is -0.647. The highest BCUT2D eigenvalue weighted by Gasteiger charge is 2.47. The molecule has 27 heavy (non-hydrogen) atoms. The molecule has 0 saturated heterocycles. The van der Waals surface area contributed by atoms with E-state index in [0.29, 0.717) is 12.1 Å². The lowest BCUT2D eigenvalue weighted by molar-refractivity contribution is 0.131. The van der Waals surface area contributed by atoms with E-state index in [1.807, 2.05) is 39.3 Å². The van der Waals surface area contributed by atoms with Gasteiger partial charge in [-0.15, -0.1) is 0 Å². The minimum absolute atomic E-state index is 0.574. The maximum atomic E-state index is 10.4. The van der Waals surface area contributed by atoms with Gasteiger partial charge in [0.15, 0.2) is 16.6 Å². The Morgan fingerprint density at radius 3 is 1.37 bits per heavy atom. The van der Waals surface area contributed by atoms with Crippen LogP contribution in [0.15, 0.2) is 0 Å². The highest BCUT2D eigenvalue weighted by Crippen LogP contribution is 2.24. The van der Waals surface area contributed by atoms with Crippen molar-refractivity contribution in [3.8, 4) is 0 Å². The van der Waals surface area contributed by atoms with Crippen molar-refractivity contribution < 1.29 is 35.6 Å². The molecule has 0 aliphatic rings. The number of rotatable bonds is 16. The monoisotopic (exact) mass is 508 g/mol. The third-order valence-corrected chi connectivity index (χ3v) is 21.2. The molecule has 0 radical (unpaired) electrons. The van der Waals surface area contributed by atoms with E-state index in [-0.39, 0.29) is 0 Å². The molecular weight excluding hydrogens is 469 g/mol. The van der Waals surface area contributed by atoms with Gasteiger partial charge in [0.25, 0.3) is 0 Å². The quantitative estimate of drug-likeness (QED) is 0.203. The predicted molar refractivity (Wildman–Crippen MR) is 126 cm³/mol. The van der Waals surface area contributed by atoms with Crippen molar-refractivity contribution in [2.75, 3.05) is 0 Å². The van der Waals surface area contributed by atoms with Gasteiger partial charge in [-0.3, -0.25) is 0 Å². The van der Waals surface area contributed by atoms with Crippen LogP contribution in [-0.4, -0.2) is 83.0 Å². The number of hydrogen-bond acceptors (Lipinski definition) is 8. The van der Waals surface area contributed by atoms with E-state index in [1.165, 1.54) is 0 Å². The van der Waals surface area contributed by atoms with Crippen LogP contribution in [0.25, 0.3) is 0 Å². The first-order valence-electron chi connectivity index (χ1n) is 9.77. The zero-order valence-corrected chi connectivity index (χ0v) is 25.9. The molecule has 0 bridgehead atoms. The fourth-order valence-electron chi connectivity index (χ4n) is 2.80. The van der Waals surface area contributed by atoms with Crippen LogP contribution in [0.3, 0.4) is 0 Å². The molecule has 0 aliphatic carbocycles. The summed E-state index contributed by atoms with van der Waals surface area (Å²) in [4.78, 5) is 40.3. The Labute approximate surface area is 175 Å². The summed E-state index contributed by atoms with van der Waals surface area (Å²) in [6.45, 7) is 11.8. The fraction of sp³-hybridized carbons (Fsp3) is 1.00. The van der Waals surface area contributed by atoms with Gasteiger partial charge < -0.3 is 35.6 Å². The van der Waals surface area contributed by atoms with Gasteiger partial charge in [0, 0.05) is 0 Å². The van der Waals surface area contributed by atoms with Crippen LogP contribution in [0.5, 0.6) is 0 Å². The molecule has 8 nitrogen and oxygen atoms in total. The average Bonchev–Trinajstić information content (AvgIpc) is 2.44. The van der Waals surface area contributed by atoms with Crippen LogP contribution < -0.4 is 0 Å². The summed E-state index contributed by atoms with van der Waals surface area (Å²) in [5.74, 6) is 0. The highest BCUT2D eigenvalue weighted by molar-refractivity contribution is 6.83. The van der Waals surface area contributed by atoms with Crippen molar-refractivity contribution in [3.05, 3.63) is 0 Å². The van der Waals surface area contributed by atoms with Crippen molar-refractivity contribution >= 4 is 63.8 Å². The molecule has 0 fully saturated rings. The first kappa shape index (κ1) is 28.2. The fourth-order valence-corrected chi connectivity index (χ4v) is 18.4. The van der Waals surface area contributed by atoms with Gasteiger partial charge >= 0.3 is 27.6 Å². The van der Waals surface area contributed by atoms with Crippen LogP contribution in [0.4, 0.5) is 0 Å². The van der Waals surface area contributed by atoms with Crippen molar-refractivity contribution in [1.82, 2.24) is 0 Å². The maximum Gasteiger partial charge on any atom is 0.652 e. The van der Waals surface area contributed by atoms with Gasteiger partial charge in [-0.25, -0.2) is 0 Å². The van der Waals surface area contributed by atoms with E-state index >= 15 is 0 Å². The lowest BCUT2D eigenvalue weighted by Gasteiger charge is -2.34. The summed E-state index contributed by atoms with van der Waals surface area (Å²) in [6.07, 6.45) is 1.55. The van der Waals surface area contributed by atoms with Gasteiger partial charge in [0.05, 0.1) is 0 Å². The van der Waals surface area contributed by atoms with Crippen molar-refractivity contribution in [2.24, 2.45) is 0 Å². The normalized spacial score (nSPS) is 16.7. The second kappa shape index (κ2) is 13.5. The molecule has 0 aromatic rings. The molecule has 0 amide bonds. The second-order valence-electron chi connectivity index (χ2n) is 7.88. The molecule has 4 N–H and O–H groups in total. The van der Waals surface area contributed by atoms with E-state index < -0.39 is 63.8 Å². The highest BCUT2D eigenvalue weighted by atomic mass is 28.5. The largest absolute Gasteiger partial charge is 0.652 e. The van der Waals surface area contributed by atoms with Crippen molar-refractivity contribution in [1.29, 1.82) is 0 Å². The third kappa shape index (κ3) is 15.7. The van der Waals surface area contributed by atoms with Crippen LogP contribution >= 0.6 is 0 Å². The Morgan fingerprint density at radius 1 is 0.741 bits per heavy atom. The summed E-state index contributed by atoms with van der Waals surface area (Å²) in [7, 11) is -14.0. The molecule has 0 aliphatic heterocycles. The van der Waals surface area contributed by atoms with Crippen LogP contribution in [0.1, 0.15) is 12.8 Å². The van der Waals surface area contributed by atoms with E-state index in [2.05, 4.69) is 0 Å². The standard InChI is InChI=1S/C12H40O8Si7/c1-21-17-23(13)9-7-11-25(3,4)19-27(15,16)20-26(5,6)12-8-10-24(14)18-22-2/h13-16,23-24H,7-12,21-22H2,1-6H3. The van der Waals surface area contributed by atoms with E-state index in [1.54, 1.807) is 0 Å². The molecule has 2 unspecified atom stereocenters. The van der Waals surface area contributed by atoms with E-state index in [0.717, 1.165) is 24.9 Å². The van der Waals surface area contributed by atoms with Crippen molar-refractivity contribution in [3.63, 3.8) is 0 Å². The van der Waals surface area contributed by atoms with Gasteiger partial charge in [0.1, 0.15) is 19.5 Å². The molecule has 0 rings (SSSR count). The van der Waals surface area contributed by atoms with Gasteiger partial charge in [-0.2, -0.15) is 0 Å². The molecule has 0 aromatic heterocycles. The minimum atomic E-state index is -4.19. The van der Waals surface area contributed by atoms with E-state index in [9.17, 15) is 19.2 Å². The molecule has 0 aromatic carbocycles. The topological polar surface area (TPSA) is 118 Å². The first-order chi connectivity index (χ1) is 12.3.